The van der Waals surface area contributed by atoms with Crippen molar-refractivity contribution >= 4 is 18.6 Å². The summed E-state index contributed by atoms with van der Waals surface area (Å²) in [6.07, 6.45) is 0. The number of thiol groups is 1. The normalized spacial score (nSPS) is 9.95. The standard InChI is InChI=1S/C14H11NO5S/c16-14(11-2-1-3-13(21)8-11)20-12-6-4-10(5-7-12)9-19-15(17)18/h1-8,21H,9H2. The van der Waals surface area contributed by atoms with Gasteiger partial charge in [0.05, 0.1) is 5.56 Å². The molecule has 2 aromatic carbocycles. The Labute approximate surface area is 125 Å². The molecule has 6 nitrogen and oxygen atoms in total. The molecule has 2 aromatic rings. The van der Waals surface area contributed by atoms with Crippen LogP contribution in [0.15, 0.2) is 53.4 Å². The van der Waals surface area contributed by atoms with Crippen LogP contribution in [0.5, 0.6) is 5.75 Å². The molecule has 0 saturated carbocycles. The minimum atomic E-state index is -0.863. The van der Waals surface area contributed by atoms with Crippen LogP contribution in [0.3, 0.4) is 0 Å². The Morgan fingerprint density at radius 2 is 1.90 bits per heavy atom. The third-order valence-electron chi connectivity index (χ3n) is 2.55. The number of hydrogen-bond acceptors (Lipinski definition) is 6. The van der Waals surface area contributed by atoms with Crippen molar-refractivity contribution < 1.29 is 19.5 Å². The first-order valence-electron chi connectivity index (χ1n) is 5.92. The van der Waals surface area contributed by atoms with Crippen molar-refractivity contribution in [1.82, 2.24) is 0 Å². The highest BCUT2D eigenvalue weighted by atomic mass is 32.1. The maximum atomic E-state index is 11.9. The van der Waals surface area contributed by atoms with Gasteiger partial charge >= 0.3 is 5.97 Å². The predicted octanol–water partition coefficient (Wildman–Crippen LogP) is 2.90. The molecule has 0 aliphatic rings. The largest absolute Gasteiger partial charge is 0.423 e. The quantitative estimate of drug-likeness (QED) is 0.302. The van der Waals surface area contributed by atoms with E-state index in [9.17, 15) is 14.9 Å². The molecule has 0 spiro atoms. The Balaban J connectivity index is 2.00. The zero-order valence-corrected chi connectivity index (χ0v) is 11.7. The first-order valence-corrected chi connectivity index (χ1v) is 6.37. The summed E-state index contributed by atoms with van der Waals surface area (Å²) in [4.78, 5) is 26.9. The third-order valence-corrected chi connectivity index (χ3v) is 2.83. The molecule has 0 aliphatic carbocycles. The molecular weight excluding hydrogens is 294 g/mol. The van der Waals surface area contributed by atoms with Crippen LogP contribution in [-0.2, 0) is 11.4 Å². The summed E-state index contributed by atoms with van der Waals surface area (Å²) in [5.41, 5.74) is 0.993. The van der Waals surface area contributed by atoms with E-state index in [2.05, 4.69) is 17.5 Å². The van der Waals surface area contributed by atoms with Crippen LogP contribution in [0.25, 0.3) is 0 Å². The molecule has 0 aliphatic heterocycles. The van der Waals surface area contributed by atoms with Gasteiger partial charge in [-0.05, 0) is 35.9 Å². The van der Waals surface area contributed by atoms with Crippen molar-refractivity contribution in [3.8, 4) is 5.75 Å². The van der Waals surface area contributed by atoms with Gasteiger partial charge < -0.3 is 9.57 Å². The van der Waals surface area contributed by atoms with E-state index in [4.69, 9.17) is 4.74 Å². The number of ether oxygens (including phenoxy) is 1. The van der Waals surface area contributed by atoms with Crippen molar-refractivity contribution in [2.24, 2.45) is 0 Å². The SMILES string of the molecule is O=C(Oc1ccc(CO[N+](=O)[O-])cc1)c1cccc(S)c1. The van der Waals surface area contributed by atoms with Crippen LogP contribution in [0, 0.1) is 10.1 Å². The van der Waals surface area contributed by atoms with E-state index < -0.39 is 11.1 Å². The van der Waals surface area contributed by atoms with Gasteiger partial charge in [-0.25, -0.2) is 4.79 Å². The molecule has 0 saturated heterocycles. The van der Waals surface area contributed by atoms with Crippen LogP contribution in [0.1, 0.15) is 15.9 Å². The summed E-state index contributed by atoms with van der Waals surface area (Å²) in [6.45, 7) is -0.150. The maximum absolute atomic E-state index is 11.9. The summed E-state index contributed by atoms with van der Waals surface area (Å²) in [5.74, 6) is -0.158. The van der Waals surface area contributed by atoms with Gasteiger partial charge in [0.1, 0.15) is 12.4 Å². The molecular formula is C14H11NO5S. The summed E-state index contributed by atoms with van der Waals surface area (Å²) in [7, 11) is 0. The van der Waals surface area contributed by atoms with E-state index >= 15 is 0 Å². The molecule has 0 bridgehead atoms. The van der Waals surface area contributed by atoms with E-state index in [1.54, 1.807) is 48.5 Å². The molecule has 0 fully saturated rings. The van der Waals surface area contributed by atoms with Crippen LogP contribution < -0.4 is 4.74 Å². The molecule has 0 aromatic heterocycles. The summed E-state index contributed by atoms with van der Waals surface area (Å²) >= 11 is 4.15. The number of nitrogens with zero attached hydrogens (tertiary/aromatic N) is 1. The van der Waals surface area contributed by atoms with Gasteiger partial charge in [0.15, 0.2) is 0 Å². The van der Waals surface area contributed by atoms with Crippen molar-refractivity contribution in [3.05, 3.63) is 69.8 Å². The van der Waals surface area contributed by atoms with Gasteiger partial charge in [-0.1, -0.05) is 18.2 Å². The number of carbonyl (C=O) groups is 1. The zero-order chi connectivity index (χ0) is 15.2. The zero-order valence-electron chi connectivity index (χ0n) is 10.8. The molecule has 0 atom stereocenters. The van der Waals surface area contributed by atoms with Crippen LogP contribution >= 0.6 is 12.6 Å². The average molecular weight is 305 g/mol. The lowest BCUT2D eigenvalue weighted by Gasteiger charge is -2.06. The van der Waals surface area contributed by atoms with Crippen molar-refractivity contribution in [1.29, 1.82) is 0 Å². The minimum absolute atomic E-state index is 0.150. The number of benzene rings is 2. The van der Waals surface area contributed by atoms with E-state index in [-0.39, 0.29) is 6.61 Å². The molecule has 0 radical (unpaired) electrons. The molecule has 0 amide bonds. The van der Waals surface area contributed by atoms with E-state index in [1.807, 2.05) is 0 Å². The monoisotopic (exact) mass is 305 g/mol. The van der Waals surface area contributed by atoms with Crippen LogP contribution in [-0.4, -0.2) is 11.1 Å². The fourth-order valence-corrected chi connectivity index (χ4v) is 1.80. The van der Waals surface area contributed by atoms with E-state index in [0.717, 1.165) is 0 Å². The highest BCUT2D eigenvalue weighted by Gasteiger charge is 2.08. The van der Waals surface area contributed by atoms with Crippen LogP contribution in [0.2, 0.25) is 0 Å². The Morgan fingerprint density at radius 1 is 1.19 bits per heavy atom. The number of esters is 1. The van der Waals surface area contributed by atoms with Gasteiger partial charge in [0, 0.05) is 4.90 Å². The van der Waals surface area contributed by atoms with Crippen molar-refractivity contribution in [2.75, 3.05) is 0 Å². The van der Waals surface area contributed by atoms with Gasteiger partial charge in [-0.3, -0.25) is 0 Å². The second-order valence-corrected chi connectivity index (χ2v) is 4.60. The van der Waals surface area contributed by atoms with E-state index in [0.29, 0.717) is 21.8 Å². The highest BCUT2D eigenvalue weighted by molar-refractivity contribution is 7.80. The van der Waals surface area contributed by atoms with Gasteiger partial charge in [0.2, 0.25) is 0 Å². The number of carbonyl (C=O) groups excluding carboxylic acids is 1. The lowest BCUT2D eigenvalue weighted by molar-refractivity contribution is -0.763. The number of rotatable bonds is 5. The highest BCUT2D eigenvalue weighted by Crippen LogP contribution is 2.16. The third kappa shape index (κ3) is 4.50. The minimum Gasteiger partial charge on any atom is -0.423 e. The molecule has 2 rings (SSSR count). The lowest BCUT2D eigenvalue weighted by Crippen LogP contribution is -2.08. The van der Waals surface area contributed by atoms with Gasteiger partial charge in [-0.15, -0.1) is 22.7 Å². The molecule has 0 N–H and O–H groups in total. The first kappa shape index (κ1) is 14.9. The molecule has 21 heavy (non-hydrogen) atoms. The van der Waals surface area contributed by atoms with Crippen LogP contribution in [0.4, 0.5) is 0 Å². The average Bonchev–Trinajstić information content (AvgIpc) is 2.46. The van der Waals surface area contributed by atoms with Gasteiger partial charge in [0.25, 0.3) is 5.09 Å². The number of hydrogen-bond donors (Lipinski definition) is 1. The molecule has 0 heterocycles. The van der Waals surface area contributed by atoms with Crippen molar-refractivity contribution in [3.63, 3.8) is 0 Å². The summed E-state index contributed by atoms with van der Waals surface area (Å²) < 4.78 is 5.19. The fourth-order valence-electron chi connectivity index (χ4n) is 1.58. The topological polar surface area (TPSA) is 78.7 Å². The Morgan fingerprint density at radius 3 is 2.52 bits per heavy atom. The first-order chi connectivity index (χ1) is 10.0. The maximum Gasteiger partial charge on any atom is 0.343 e. The summed E-state index contributed by atoms with van der Waals surface area (Å²) in [6, 6.07) is 12.9. The van der Waals surface area contributed by atoms with Gasteiger partial charge in [-0.2, -0.15) is 0 Å². The molecule has 7 heteroatoms. The second-order valence-electron chi connectivity index (χ2n) is 4.08. The Kier molecular flexibility index (Phi) is 4.78. The second kappa shape index (κ2) is 6.76. The smallest absolute Gasteiger partial charge is 0.343 e. The summed E-state index contributed by atoms with van der Waals surface area (Å²) in [5, 5.41) is 9.21. The predicted molar refractivity (Wildman–Crippen MR) is 76.9 cm³/mol. The molecule has 0 unspecified atom stereocenters. The Hall–Kier alpha value is -2.54. The van der Waals surface area contributed by atoms with E-state index in [1.165, 1.54) is 0 Å². The Bertz CT molecular complexity index is 657. The molecule has 108 valence electrons. The fraction of sp³-hybridized carbons (Fsp3) is 0.0714. The lowest BCUT2D eigenvalue weighted by atomic mass is 10.2. The van der Waals surface area contributed by atoms with Crippen molar-refractivity contribution in [2.45, 2.75) is 11.5 Å².